The molecule has 3 aromatic rings. The molecule has 0 aliphatic carbocycles. The topological polar surface area (TPSA) is 94.7 Å². The number of aromatic nitrogens is 2. The van der Waals surface area contributed by atoms with Crippen molar-refractivity contribution in [3.8, 4) is 6.07 Å². The Kier molecular flexibility index (Phi) is 7.57. The molecule has 2 amide bonds. The molecule has 1 aromatic heterocycles. The number of anilines is 1. The average molecular weight is 551 g/mol. The van der Waals surface area contributed by atoms with Crippen molar-refractivity contribution < 1.29 is 27.5 Å². The van der Waals surface area contributed by atoms with Gasteiger partial charge in [0.25, 0.3) is 0 Å². The van der Waals surface area contributed by atoms with E-state index >= 15 is 0 Å². The Morgan fingerprint density at radius 2 is 1.77 bits per heavy atom. The molecule has 0 N–H and O–H groups in total. The van der Waals surface area contributed by atoms with Gasteiger partial charge in [0.05, 0.1) is 24.0 Å². The molecular formula is C28H25F3N6O3. The van der Waals surface area contributed by atoms with Gasteiger partial charge in [-0.05, 0) is 23.8 Å². The van der Waals surface area contributed by atoms with E-state index in [1.807, 2.05) is 41.3 Å². The molecule has 1 fully saturated rings. The number of hydrogen-bond acceptors (Lipinski definition) is 6. The summed E-state index contributed by atoms with van der Waals surface area (Å²) < 4.78 is 46.6. The van der Waals surface area contributed by atoms with Crippen LogP contribution in [0.4, 0.5) is 23.8 Å². The maximum Gasteiger partial charge on any atom is 0.416 e. The molecule has 3 heterocycles. The van der Waals surface area contributed by atoms with E-state index in [1.54, 1.807) is 11.0 Å². The summed E-state index contributed by atoms with van der Waals surface area (Å²) in [6.45, 7) is 1.97. The summed E-state index contributed by atoms with van der Waals surface area (Å²) in [7, 11) is 0. The summed E-state index contributed by atoms with van der Waals surface area (Å²) in [6, 6.07) is 16.2. The van der Waals surface area contributed by atoms with Gasteiger partial charge in [0.2, 0.25) is 5.91 Å². The van der Waals surface area contributed by atoms with E-state index in [1.165, 1.54) is 27.9 Å². The third-order valence-corrected chi connectivity index (χ3v) is 6.80. The highest BCUT2D eigenvalue weighted by Gasteiger charge is 2.33. The molecule has 0 spiro atoms. The number of amides is 2. The molecule has 206 valence electrons. The first kappa shape index (κ1) is 27.0. The second kappa shape index (κ2) is 11.2. The maximum atomic E-state index is 13.3. The number of nitriles is 1. The zero-order chi connectivity index (χ0) is 28.3. The molecule has 0 radical (unpaired) electrons. The van der Waals surface area contributed by atoms with Crippen molar-refractivity contribution in [2.75, 3.05) is 44.2 Å². The number of rotatable bonds is 5. The van der Waals surface area contributed by atoms with Gasteiger partial charge < -0.3 is 9.64 Å². The highest BCUT2D eigenvalue weighted by atomic mass is 19.4. The van der Waals surface area contributed by atoms with Crippen LogP contribution in [0, 0.1) is 11.3 Å². The largest absolute Gasteiger partial charge is 0.445 e. The van der Waals surface area contributed by atoms with Gasteiger partial charge in [0.1, 0.15) is 18.2 Å². The molecule has 0 unspecified atom stereocenters. The van der Waals surface area contributed by atoms with Crippen molar-refractivity contribution in [2.45, 2.75) is 12.8 Å². The van der Waals surface area contributed by atoms with Crippen LogP contribution >= 0.6 is 0 Å². The molecule has 0 bridgehead atoms. The van der Waals surface area contributed by atoms with E-state index < -0.39 is 17.8 Å². The molecule has 9 nitrogen and oxygen atoms in total. The van der Waals surface area contributed by atoms with E-state index in [-0.39, 0.29) is 42.5 Å². The minimum atomic E-state index is -4.51. The van der Waals surface area contributed by atoms with Crippen molar-refractivity contribution >= 4 is 23.5 Å². The van der Waals surface area contributed by atoms with Crippen molar-refractivity contribution in [3.63, 3.8) is 0 Å². The zero-order valence-corrected chi connectivity index (χ0v) is 21.3. The summed E-state index contributed by atoms with van der Waals surface area (Å²) in [5, 5.41) is 13.8. The van der Waals surface area contributed by atoms with Crippen LogP contribution in [0.5, 0.6) is 0 Å². The van der Waals surface area contributed by atoms with Gasteiger partial charge in [-0.15, -0.1) is 0 Å². The number of ether oxygens (including phenoxy) is 1. The summed E-state index contributed by atoms with van der Waals surface area (Å²) in [5.74, 6) is -0.0803. The first-order valence-electron chi connectivity index (χ1n) is 12.6. The Bertz CT molecular complexity index is 1470. The molecule has 0 atom stereocenters. The van der Waals surface area contributed by atoms with Gasteiger partial charge in [-0.2, -0.15) is 23.5 Å². The van der Waals surface area contributed by atoms with Crippen LogP contribution in [0.2, 0.25) is 0 Å². The molecule has 2 aliphatic rings. The molecule has 1 saturated heterocycles. The van der Waals surface area contributed by atoms with Crippen molar-refractivity contribution in [1.82, 2.24) is 19.6 Å². The standard InChI is InChI=1S/C28H25F3N6O3/c29-28(30,31)23-8-4-7-21(15-23)24-9-10-36(26-22(16-32)17-33-37(24)26)25(38)18-34-11-13-35(14-12-34)27(39)40-19-20-5-2-1-3-6-20/h1-9,15,17H,10-14,18-19H2. The number of fused-ring (bicyclic) bond motifs is 1. The number of halogens is 3. The Morgan fingerprint density at radius 3 is 2.48 bits per heavy atom. The van der Waals surface area contributed by atoms with Crippen LogP contribution < -0.4 is 4.90 Å². The maximum absolute atomic E-state index is 13.3. The fourth-order valence-corrected chi connectivity index (χ4v) is 4.70. The number of nitrogens with zero attached hydrogens (tertiary/aromatic N) is 6. The number of benzene rings is 2. The lowest BCUT2D eigenvalue weighted by atomic mass is 10.1. The van der Waals surface area contributed by atoms with Crippen LogP contribution in [-0.2, 0) is 22.3 Å². The molecular weight excluding hydrogens is 525 g/mol. The van der Waals surface area contributed by atoms with E-state index in [9.17, 15) is 28.0 Å². The highest BCUT2D eigenvalue weighted by molar-refractivity contribution is 5.97. The minimum Gasteiger partial charge on any atom is -0.445 e. The van der Waals surface area contributed by atoms with Gasteiger partial charge >= 0.3 is 12.3 Å². The van der Waals surface area contributed by atoms with Gasteiger partial charge in [-0.3, -0.25) is 14.6 Å². The summed E-state index contributed by atoms with van der Waals surface area (Å²) in [5.41, 5.74) is 0.849. The summed E-state index contributed by atoms with van der Waals surface area (Å²) in [4.78, 5) is 30.7. The molecule has 5 rings (SSSR count). The Balaban J connectivity index is 1.23. The van der Waals surface area contributed by atoms with E-state index in [0.29, 0.717) is 31.9 Å². The second-order valence-corrected chi connectivity index (χ2v) is 9.38. The Hall–Kier alpha value is -4.63. The quantitative estimate of drug-likeness (QED) is 0.478. The van der Waals surface area contributed by atoms with Crippen LogP contribution in [0.3, 0.4) is 0 Å². The van der Waals surface area contributed by atoms with Gasteiger partial charge in [-0.25, -0.2) is 9.48 Å². The smallest absolute Gasteiger partial charge is 0.416 e. The third kappa shape index (κ3) is 5.69. The van der Waals surface area contributed by atoms with Crippen LogP contribution in [0.15, 0.2) is 66.9 Å². The summed E-state index contributed by atoms with van der Waals surface area (Å²) in [6.07, 6.45) is -2.02. The van der Waals surface area contributed by atoms with Gasteiger partial charge in [0.15, 0.2) is 5.82 Å². The van der Waals surface area contributed by atoms with E-state index in [0.717, 1.165) is 17.7 Å². The SMILES string of the molecule is N#Cc1cnn2c1N(C(=O)CN1CCN(C(=O)OCc3ccccc3)CC1)CC=C2c1cccc(C(F)(F)F)c1. The number of piperazine rings is 1. The first-order chi connectivity index (χ1) is 19.2. The fraction of sp³-hybridized carbons (Fsp3) is 0.286. The minimum absolute atomic E-state index is 0.0374. The average Bonchev–Trinajstić information content (AvgIpc) is 3.40. The lowest BCUT2D eigenvalue weighted by molar-refractivity contribution is -0.137. The van der Waals surface area contributed by atoms with Crippen LogP contribution in [0.1, 0.15) is 22.3 Å². The van der Waals surface area contributed by atoms with Gasteiger partial charge in [-0.1, -0.05) is 42.5 Å². The second-order valence-electron chi connectivity index (χ2n) is 9.38. The molecule has 12 heteroatoms. The predicted octanol–water partition coefficient (Wildman–Crippen LogP) is 3.96. The lowest BCUT2D eigenvalue weighted by Gasteiger charge is -2.35. The fourth-order valence-electron chi connectivity index (χ4n) is 4.70. The summed E-state index contributed by atoms with van der Waals surface area (Å²) >= 11 is 0. The number of carbonyl (C=O) groups is 2. The number of hydrogen-bond donors (Lipinski definition) is 0. The first-order valence-corrected chi connectivity index (χ1v) is 12.6. The predicted molar refractivity (Wildman–Crippen MR) is 139 cm³/mol. The molecule has 2 aliphatic heterocycles. The lowest BCUT2D eigenvalue weighted by Crippen LogP contribution is -2.52. The normalized spacial score (nSPS) is 15.7. The highest BCUT2D eigenvalue weighted by Crippen LogP contribution is 2.34. The number of alkyl halides is 3. The van der Waals surface area contributed by atoms with Crippen LogP contribution in [-0.4, -0.2) is 70.8 Å². The molecule has 40 heavy (non-hydrogen) atoms. The van der Waals surface area contributed by atoms with E-state index in [4.69, 9.17) is 4.74 Å². The Morgan fingerprint density at radius 1 is 1.02 bits per heavy atom. The Labute approximate surface area is 228 Å². The van der Waals surface area contributed by atoms with E-state index in [2.05, 4.69) is 5.10 Å². The third-order valence-electron chi connectivity index (χ3n) is 6.80. The number of carbonyl (C=O) groups excluding carboxylic acids is 2. The molecule has 0 saturated carbocycles. The van der Waals surface area contributed by atoms with Crippen LogP contribution in [0.25, 0.3) is 5.70 Å². The monoisotopic (exact) mass is 550 g/mol. The molecule has 2 aromatic carbocycles. The van der Waals surface area contributed by atoms with Crippen molar-refractivity contribution in [2.24, 2.45) is 0 Å². The van der Waals surface area contributed by atoms with Crippen molar-refractivity contribution in [3.05, 3.63) is 89.1 Å². The van der Waals surface area contributed by atoms with Crippen molar-refractivity contribution in [1.29, 1.82) is 5.26 Å². The zero-order valence-electron chi connectivity index (χ0n) is 21.3. The van der Waals surface area contributed by atoms with Gasteiger partial charge in [0, 0.05) is 38.3 Å².